The van der Waals surface area contributed by atoms with Crippen molar-refractivity contribution in [2.75, 3.05) is 13.1 Å². The highest BCUT2D eigenvalue weighted by Crippen LogP contribution is 2.31. The first-order valence-corrected chi connectivity index (χ1v) is 5.68. The summed E-state index contributed by atoms with van der Waals surface area (Å²) in [6, 6.07) is 0. The molecular formula is C10H17N5O. The minimum atomic E-state index is -0.149. The Kier molecular flexibility index (Phi) is 3.51. The summed E-state index contributed by atoms with van der Waals surface area (Å²) in [5, 5.41) is 10.4. The van der Waals surface area contributed by atoms with Crippen molar-refractivity contribution in [1.29, 1.82) is 0 Å². The summed E-state index contributed by atoms with van der Waals surface area (Å²) in [7, 11) is 0. The summed E-state index contributed by atoms with van der Waals surface area (Å²) in [6.45, 7) is 1.81. The zero-order chi connectivity index (χ0) is 11.4. The lowest BCUT2D eigenvalue weighted by Crippen LogP contribution is -2.25. The molecule has 0 saturated heterocycles. The fourth-order valence-electron chi connectivity index (χ4n) is 1.53. The van der Waals surface area contributed by atoms with E-state index in [0.29, 0.717) is 18.8 Å². The minimum absolute atomic E-state index is 0.149. The van der Waals surface area contributed by atoms with Crippen LogP contribution in [0.15, 0.2) is 6.20 Å². The van der Waals surface area contributed by atoms with Gasteiger partial charge in [-0.25, -0.2) is 0 Å². The number of hydrogen-bond acceptors (Lipinski definition) is 4. The van der Waals surface area contributed by atoms with Crippen molar-refractivity contribution in [1.82, 2.24) is 20.3 Å². The normalized spacial score (nSPS) is 15.1. The van der Waals surface area contributed by atoms with E-state index in [0.717, 1.165) is 18.9 Å². The van der Waals surface area contributed by atoms with E-state index >= 15 is 0 Å². The number of nitrogens with two attached hydrogens (primary N) is 1. The van der Waals surface area contributed by atoms with E-state index in [1.807, 2.05) is 0 Å². The lowest BCUT2D eigenvalue weighted by atomic mass is 10.3. The summed E-state index contributed by atoms with van der Waals surface area (Å²) in [5.74, 6) is 0.678. The molecule has 0 spiro atoms. The number of carbonyl (C=O) groups excluding carboxylic acids is 1. The van der Waals surface area contributed by atoms with Gasteiger partial charge in [0.15, 0.2) is 5.69 Å². The van der Waals surface area contributed by atoms with Gasteiger partial charge in [-0.1, -0.05) is 18.1 Å². The van der Waals surface area contributed by atoms with Crippen LogP contribution in [0.1, 0.15) is 29.8 Å². The van der Waals surface area contributed by atoms with Crippen LogP contribution >= 0.6 is 0 Å². The average molecular weight is 223 g/mol. The number of rotatable bonds is 6. The molecular weight excluding hydrogens is 206 g/mol. The second-order valence-electron chi connectivity index (χ2n) is 4.14. The van der Waals surface area contributed by atoms with Gasteiger partial charge in [0.2, 0.25) is 0 Å². The Bertz CT molecular complexity index is 358. The molecule has 0 aliphatic heterocycles. The van der Waals surface area contributed by atoms with E-state index < -0.39 is 0 Å². The molecule has 88 valence electrons. The number of amides is 1. The van der Waals surface area contributed by atoms with Crippen LogP contribution in [-0.4, -0.2) is 34.0 Å². The van der Waals surface area contributed by atoms with Gasteiger partial charge < -0.3 is 11.1 Å². The molecule has 1 aromatic rings. The molecule has 3 N–H and O–H groups in total. The third-order valence-corrected chi connectivity index (χ3v) is 2.66. The van der Waals surface area contributed by atoms with E-state index in [4.69, 9.17) is 5.73 Å². The molecule has 1 saturated carbocycles. The summed E-state index contributed by atoms with van der Waals surface area (Å²) >= 11 is 0. The van der Waals surface area contributed by atoms with Gasteiger partial charge in [-0.15, -0.1) is 5.10 Å². The van der Waals surface area contributed by atoms with E-state index in [1.165, 1.54) is 12.8 Å². The number of aromatic nitrogens is 3. The van der Waals surface area contributed by atoms with E-state index in [9.17, 15) is 4.79 Å². The van der Waals surface area contributed by atoms with Crippen molar-refractivity contribution in [3.05, 3.63) is 11.9 Å². The van der Waals surface area contributed by atoms with Crippen LogP contribution in [0.3, 0.4) is 0 Å². The fraction of sp³-hybridized carbons (Fsp3) is 0.700. The molecule has 0 unspecified atom stereocenters. The van der Waals surface area contributed by atoms with Gasteiger partial charge >= 0.3 is 0 Å². The number of carbonyl (C=O) groups is 1. The smallest absolute Gasteiger partial charge is 0.273 e. The molecule has 0 radical (unpaired) electrons. The van der Waals surface area contributed by atoms with Crippen LogP contribution in [0.5, 0.6) is 0 Å². The Labute approximate surface area is 94.2 Å². The molecule has 0 aromatic carbocycles. The Balaban J connectivity index is 1.77. The molecule has 1 aliphatic carbocycles. The van der Waals surface area contributed by atoms with Crippen molar-refractivity contribution < 1.29 is 4.79 Å². The lowest BCUT2D eigenvalue weighted by molar-refractivity contribution is 0.0947. The van der Waals surface area contributed by atoms with Crippen LogP contribution in [0.25, 0.3) is 0 Å². The van der Waals surface area contributed by atoms with Gasteiger partial charge in [0, 0.05) is 13.1 Å². The largest absolute Gasteiger partial charge is 0.351 e. The predicted octanol–water partition coefficient (Wildman–Crippen LogP) is -0.233. The number of nitrogens with zero attached hydrogens (tertiary/aromatic N) is 3. The quantitative estimate of drug-likeness (QED) is 0.697. The van der Waals surface area contributed by atoms with E-state index in [2.05, 4.69) is 15.6 Å². The summed E-state index contributed by atoms with van der Waals surface area (Å²) < 4.78 is 1.58. The summed E-state index contributed by atoms with van der Waals surface area (Å²) in [5.41, 5.74) is 5.74. The standard InChI is InChI=1S/C10H17N5O/c11-4-6-15-7-9(13-14-15)10(16)12-5-3-8-1-2-8/h7-8H,1-6,11H2,(H,12,16). The van der Waals surface area contributed by atoms with Crippen LogP contribution in [-0.2, 0) is 6.54 Å². The molecule has 6 heteroatoms. The second-order valence-corrected chi connectivity index (χ2v) is 4.14. The van der Waals surface area contributed by atoms with Crippen LogP contribution in [0, 0.1) is 5.92 Å². The van der Waals surface area contributed by atoms with Crippen molar-refractivity contribution in [2.45, 2.75) is 25.8 Å². The fourth-order valence-corrected chi connectivity index (χ4v) is 1.53. The summed E-state index contributed by atoms with van der Waals surface area (Å²) in [4.78, 5) is 11.6. The Morgan fingerprint density at radius 2 is 2.44 bits per heavy atom. The van der Waals surface area contributed by atoms with Crippen molar-refractivity contribution in [3.63, 3.8) is 0 Å². The van der Waals surface area contributed by atoms with E-state index in [1.54, 1.807) is 10.9 Å². The summed E-state index contributed by atoms with van der Waals surface area (Å²) in [6.07, 6.45) is 5.31. The first-order valence-electron chi connectivity index (χ1n) is 5.68. The maximum Gasteiger partial charge on any atom is 0.273 e. The van der Waals surface area contributed by atoms with Gasteiger partial charge in [0.05, 0.1) is 12.7 Å². The maximum absolute atomic E-state index is 11.6. The number of hydrogen-bond donors (Lipinski definition) is 2. The van der Waals surface area contributed by atoms with Crippen molar-refractivity contribution in [2.24, 2.45) is 11.7 Å². The van der Waals surface area contributed by atoms with Crippen LogP contribution < -0.4 is 11.1 Å². The van der Waals surface area contributed by atoms with Gasteiger partial charge in [-0.3, -0.25) is 9.48 Å². The Morgan fingerprint density at radius 3 is 3.12 bits per heavy atom. The molecule has 1 amide bonds. The molecule has 1 fully saturated rings. The van der Waals surface area contributed by atoms with Crippen molar-refractivity contribution in [3.8, 4) is 0 Å². The molecule has 16 heavy (non-hydrogen) atoms. The molecule has 0 bridgehead atoms. The Hall–Kier alpha value is -1.43. The highest BCUT2D eigenvalue weighted by molar-refractivity contribution is 5.91. The highest BCUT2D eigenvalue weighted by Gasteiger charge is 2.21. The van der Waals surface area contributed by atoms with Crippen LogP contribution in [0.2, 0.25) is 0 Å². The first-order chi connectivity index (χ1) is 7.79. The third-order valence-electron chi connectivity index (χ3n) is 2.66. The Morgan fingerprint density at radius 1 is 1.62 bits per heavy atom. The van der Waals surface area contributed by atoms with Gasteiger partial charge in [0.25, 0.3) is 5.91 Å². The monoisotopic (exact) mass is 223 g/mol. The van der Waals surface area contributed by atoms with Crippen molar-refractivity contribution >= 4 is 5.91 Å². The second kappa shape index (κ2) is 5.07. The van der Waals surface area contributed by atoms with Crippen LogP contribution in [0.4, 0.5) is 0 Å². The SMILES string of the molecule is NCCn1cc(C(=O)NCCC2CC2)nn1. The first kappa shape index (κ1) is 11.1. The number of nitrogens with one attached hydrogen (secondary N) is 1. The molecule has 2 rings (SSSR count). The van der Waals surface area contributed by atoms with Gasteiger partial charge in [0.1, 0.15) is 0 Å². The predicted molar refractivity (Wildman–Crippen MR) is 58.8 cm³/mol. The topological polar surface area (TPSA) is 85.8 Å². The zero-order valence-electron chi connectivity index (χ0n) is 9.22. The molecule has 0 atom stereocenters. The van der Waals surface area contributed by atoms with Gasteiger partial charge in [-0.2, -0.15) is 0 Å². The minimum Gasteiger partial charge on any atom is -0.351 e. The molecule has 1 heterocycles. The zero-order valence-corrected chi connectivity index (χ0v) is 9.22. The molecule has 6 nitrogen and oxygen atoms in total. The van der Waals surface area contributed by atoms with E-state index in [-0.39, 0.29) is 5.91 Å². The average Bonchev–Trinajstić information content (AvgIpc) is 2.97. The molecule has 1 aromatic heterocycles. The molecule has 1 aliphatic rings. The maximum atomic E-state index is 11.6. The van der Waals surface area contributed by atoms with Gasteiger partial charge in [-0.05, 0) is 12.3 Å². The lowest BCUT2D eigenvalue weighted by Gasteiger charge is -2.00. The highest BCUT2D eigenvalue weighted by atomic mass is 16.2. The third kappa shape index (κ3) is 3.03.